The topological polar surface area (TPSA) is 95.1 Å². The van der Waals surface area contributed by atoms with E-state index in [4.69, 9.17) is 9.26 Å². The van der Waals surface area contributed by atoms with Crippen molar-refractivity contribution in [1.29, 1.82) is 0 Å². The van der Waals surface area contributed by atoms with Crippen molar-refractivity contribution in [2.75, 3.05) is 7.11 Å². The van der Waals surface area contributed by atoms with Gasteiger partial charge in [0, 0.05) is 18.8 Å². The summed E-state index contributed by atoms with van der Waals surface area (Å²) < 4.78 is 12.3. The van der Waals surface area contributed by atoms with Crippen LogP contribution in [0, 0.1) is 6.92 Å². The van der Waals surface area contributed by atoms with Crippen LogP contribution in [0.3, 0.4) is 0 Å². The van der Waals surface area contributed by atoms with Gasteiger partial charge in [-0.3, -0.25) is 9.48 Å². The second kappa shape index (κ2) is 7.98. The summed E-state index contributed by atoms with van der Waals surface area (Å²) in [5.74, 6) is 0.568. The third kappa shape index (κ3) is 3.63. The number of ether oxygens (including phenoxy) is 1. The molecule has 1 N–H and O–H groups in total. The molecule has 154 valence electrons. The Labute approximate surface area is 173 Å². The van der Waals surface area contributed by atoms with E-state index in [1.807, 2.05) is 44.4 Å². The first-order valence-corrected chi connectivity index (χ1v) is 9.71. The molecule has 3 aromatic heterocycles. The molecule has 0 fully saturated rings. The largest absolute Gasteiger partial charge is 0.497 e. The summed E-state index contributed by atoms with van der Waals surface area (Å²) in [4.78, 5) is 17.8. The minimum atomic E-state index is -0.207. The standard InChI is InChI=1S/C22H23N5O3/c1-5-18(14-6-8-16(29-4)9-7-14)24-21(28)17-10-19(15-11-23-27(3)12-15)25-22-20(17)13(2)26-30-22/h6-12,18H,5H2,1-4H3,(H,24,28)/t18-/m0/s1. The Hall–Kier alpha value is -3.68. The molecule has 0 spiro atoms. The molecular formula is C22H23N5O3. The van der Waals surface area contributed by atoms with Crippen molar-refractivity contribution in [3.8, 4) is 17.0 Å². The second-order valence-corrected chi connectivity index (χ2v) is 7.11. The van der Waals surface area contributed by atoms with Crippen molar-refractivity contribution >= 4 is 17.0 Å². The van der Waals surface area contributed by atoms with E-state index in [0.29, 0.717) is 28.1 Å². The van der Waals surface area contributed by atoms with Gasteiger partial charge in [-0.2, -0.15) is 5.10 Å². The predicted octanol–water partition coefficient (Wildman–Crippen LogP) is 3.82. The SMILES string of the molecule is CC[C@H](NC(=O)c1cc(-c2cnn(C)c2)nc2onc(C)c12)c1ccc(OC)cc1. The molecule has 0 aliphatic carbocycles. The highest BCUT2D eigenvalue weighted by Crippen LogP contribution is 2.28. The molecule has 0 saturated carbocycles. The molecule has 3 heterocycles. The minimum absolute atomic E-state index is 0.145. The number of pyridine rings is 1. The number of hydrogen-bond acceptors (Lipinski definition) is 6. The first-order valence-electron chi connectivity index (χ1n) is 9.71. The van der Waals surface area contributed by atoms with Gasteiger partial charge < -0.3 is 14.6 Å². The lowest BCUT2D eigenvalue weighted by Gasteiger charge is -2.18. The normalized spacial score (nSPS) is 12.1. The molecule has 0 aliphatic rings. The van der Waals surface area contributed by atoms with Crippen LogP contribution in [0.25, 0.3) is 22.4 Å². The fraction of sp³-hybridized carbons (Fsp3) is 0.273. The number of benzene rings is 1. The molecule has 0 radical (unpaired) electrons. The van der Waals surface area contributed by atoms with Gasteiger partial charge >= 0.3 is 0 Å². The lowest BCUT2D eigenvalue weighted by atomic mass is 10.0. The number of hydrogen-bond donors (Lipinski definition) is 1. The van der Waals surface area contributed by atoms with Crippen LogP contribution < -0.4 is 10.1 Å². The van der Waals surface area contributed by atoms with Crippen molar-refractivity contribution in [2.24, 2.45) is 7.05 Å². The predicted molar refractivity (Wildman–Crippen MR) is 112 cm³/mol. The first kappa shape index (κ1) is 19.6. The molecule has 4 aromatic rings. The number of carbonyl (C=O) groups is 1. The van der Waals surface area contributed by atoms with Crippen molar-refractivity contribution < 1.29 is 14.1 Å². The Kier molecular flexibility index (Phi) is 5.22. The molecule has 0 saturated heterocycles. The van der Waals surface area contributed by atoms with Gasteiger partial charge in [-0.05, 0) is 37.1 Å². The number of fused-ring (bicyclic) bond motifs is 1. The van der Waals surface area contributed by atoms with E-state index in [9.17, 15) is 4.79 Å². The molecule has 0 unspecified atom stereocenters. The summed E-state index contributed by atoms with van der Waals surface area (Å²) in [6.45, 7) is 3.83. The van der Waals surface area contributed by atoms with Gasteiger partial charge in [-0.1, -0.05) is 24.2 Å². The van der Waals surface area contributed by atoms with Gasteiger partial charge in [0.05, 0.1) is 41.7 Å². The zero-order chi connectivity index (χ0) is 21.3. The fourth-order valence-corrected chi connectivity index (χ4v) is 3.47. The summed E-state index contributed by atoms with van der Waals surface area (Å²) in [6.07, 6.45) is 4.28. The molecule has 1 atom stereocenters. The minimum Gasteiger partial charge on any atom is -0.497 e. The lowest BCUT2D eigenvalue weighted by molar-refractivity contribution is 0.0937. The van der Waals surface area contributed by atoms with Crippen LogP contribution >= 0.6 is 0 Å². The molecule has 1 aromatic carbocycles. The van der Waals surface area contributed by atoms with Gasteiger partial charge in [0.1, 0.15) is 5.75 Å². The summed E-state index contributed by atoms with van der Waals surface area (Å²) in [5.41, 5.74) is 3.84. The van der Waals surface area contributed by atoms with Crippen LogP contribution in [-0.4, -0.2) is 32.9 Å². The smallest absolute Gasteiger partial charge is 0.259 e. The monoisotopic (exact) mass is 405 g/mol. The Bertz CT molecular complexity index is 1190. The van der Waals surface area contributed by atoms with Gasteiger partial charge in [0.25, 0.3) is 11.6 Å². The third-order valence-corrected chi connectivity index (χ3v) is 5.09. The van der Waals surface area contributed by atoms with Crippen LogP contribution in [-0.2, 0) is 7.05 Å². The van der Waals surface area contributed by atoms with Crippen molar-refractivity contribution in [1.82, 2.24) is 25.2 Å². The summed E-state index contributed by atoms with van der Waals surface area (Å²) in [7, 11) is 3.46. The summed E-state index contributed by atoms with van der Waals surface area (Å²) in [5, 5.41) is 11.9. The van der Waals surface area contributed by atoms with Crippen LogP contribution in [0.5, 0.6) is 5.75 Å². The van der Waals surface area contributed by atoms with E-state index < -0.39 is 0 Å². The van der Waals surface area contributed by atoms with E-state index in [1.165, 1.54) is 0 Å². The van der Waals surface area contributed by atoms with Crippen LogP contribution in [0.2, 0.25) is 0 Å². The van der Waals surface area contributed by atoms with Crippen molar-refractivity contribution in [2.45, 2.75) is 26.3 Å². The summed E-state index contributed by atoms with van der Waals surface area (Å²) >= 11 is 0. The van der Waals surface area contributed by atoms with E-state index in [0.717, 1.165) is 23.3 Å². The van der Waals surface area contributed by atoms with Gasteiger partial charge in [0.15, 0.2) is 0 Å². The Balaban J connectivity index is 1.71. The highest BCUT2D eigenvalue weighted by Gasteiger charge is 2.22. The molecular weight excluding hydrogens is 382 g/mol. The van der Waals surface area contributed by atoms with Gasteiger partial charge in [0.2, 0.25) is 0 Å². The molecule has 0 aliphatic heterocycles. The zero-order valence-electron chi connectivity index (χ0n) is 17.3. The van der Waals surface area contributed by atoms with Gasteiger partial charge in [-0.15, -0.1) is 0 Å². The Morgan fingerprint density at radius 3 is 2.70 bits per heavy atom. The fourth-order valence-electron chi connectivity index (χ4n) is 3.47. The molecule has 0 bridgehead atoms. The molecule has 1 amide bonds. The average Bonchev–Trinajstić information content (AvgIpc) is 3.37. The van der Waals surface area contributed by atoms with Gasteiger partial charge in [-0.25, -0.2) is 4.98 Å². The van der Waals surface area contributed by atoms with Crippen LogP contribution in [0.15, 0.2) is 47.2 Å². The van der Waals surface area contributed by atoms with Crippen LogP contribution in [0.4, 0.5) is 0 Å². The molecule has 8 nitrogen and oxygen atoms in total. The van der Waals surface area contributed by atoms with E-state index in [-0.39, 0.29) is 11.9 Å². The summed E-state index contributed by atoms with van der Waals surface area (Å²) in [6, 6.07) is 9.31. The Morgan fingerprint density at radius 1 is 1.30 bits per heavy atom. The van der Waals surface area contributed by atoms with E-state index >= 15 is 0 Å². The number of amides is 1. The number of aromatic nitrogens is 4. The van der Waals surface area contributed by atoms with Crippen LogP contribution in [0.1, 0.15) is 41.0 Å². The number of rotatable bonds is 6. The maximum absolute atomic E-state index is 13.3. The maximum Gasteiger partial charge on any atom is 0.259 e. The molecule has 30 heavy (non-hydrogen) atoms. The highest BCUT2D eigenvalue weighted by molar-refractivity contribution is 6.07. The first-order chi connectivity index (χ1) is 14.5. The molecule has 8 heteroatoms. The van der Waals surface area contributed by atoms with E-state index in [1.54, 1.807) is 31.0 Å². The number of nitrogens with zero attached hydrogens (tertiary/aromatic N) is 4. The lowest BCUT2D eigenvalue weighted by Crippen LogP contribution is -2.28. The number of nitrogens with one attached hydrogen (secondary N) is 1. The van der Waals surface area contributed by atoms with Crippen molar-refractivity contribution in [3.63, 3.8) is 0 Å². The van der Waals surface area contributed by atoms with Crippen molar-refractivity contribution in [3.05, 3.63) is 59.5 Å². The quantitative estimate of drug-likeness (QED) is 0.524. The number of aryl methyl sites for hydroxylation is 2. The highest BCUT2D eigenvalue weighted by atomic mass is 16.5. The van der Waals surface area contributed by atoms with E-state index in [2.05, 4.69) is 20.6 Å². The zero-order valence-corrected chi connectivity index (χ0v) is 17.3. The number of methoxy groups -OCH3 is 1. The second-order valence-electron chi connectivity index (χ2n) is 7.11. The number of carbonyl (C=O) groups excluding carboxylic acids is 1. The molecule has 4 rings (SSSR count). The Morgan fingerprint density at radius 2 is 2.07 bits per heavy atom. The average molecular weight is 405 g/mol. The maximum atomic E-state index is 13.3. The third-order valence-electron chi connectivity index (χ3n) is 5.09.